The molecule has 0 aliphatic rings. The van der Waals surface area contributed by atoms with Gasteiger partial charge in [0.1, 0.15) is 0 Å². The second-order valence-electron chi connectivity index (χ2n) is 3.24. The zero-order valence-electron chi connectivity index (χ0n) is 8.44. The standard InChI is InChI=1S/C10H10ClN3O2/c11-4-1-2-9-13-14-10(16-9)7-3-5-12-8(15)6-7/h3,5-6H,1-2,4H2,(H,12,15). The predicted molar refractivity (Wildman–Crippen MR) is 59.4 cm³/mol. The molecule has 16 heavy (non-hydrogen) atoms. The Hall–Kier alpha value is -1.62. The van der Waals surface area contributed by atoms with Crippen LogP contribution in [-0.2, 0) is 6.42 Å². The van der Waals surface area contributed by atoms with Gasteiger partial charge in [0.25, 0.3) is 0 Å². The number of alkyl halides is 1. The van der Waals surface area contributed by atoms with Crippen molar-refractivity contribution < 1.29 is 4.42 Å². The lowest BCUT2D eigenvalue weighted by Crippen LogP contribution is -2.01. The average Bonchev–Trinajstić information content (AvgIpc) is 2.75. The van der Waals surface area contributed by atoms with Crippen LogP contribution in [0.25, 0.3) is 11.5 Å². The van der Waals surface area contributed by atoms with Crippen LogP contribution in [-0.4, -0.2) is 21.1 Å². The normalized spacial score (nSPS) is 10.6. The van der Waals surface area contributed by atoms with Gasteiger partial charge in [0.15, 0.2) is 0 Å². The Kier molecular flexibility index (Phi) is 3.36. The van der Waals surface area contributed by atoms with Crippen molar-refractivity contribution in [3.8, 4) is 11.5 Å². The molecule has 0 fully saturated rings. The van der Waals surface area contributed by atoms with Gasteiger partial charge in [-0.3, -0.25) is 4.79 Å². The van der Waals surface area contributed by atoms with Crippen molar-refractivity contribution in [3.63, 3.8) is 0 Å². The summed E-state index contributed by atoms with van der Waals surface area (Å²) < 4.78 is 5.39. The second kappa shape index (κ2) is 4.94. The lowest BCUT2D eigenvalue weighted by Gasteiger charge is -1.92. The van der Waals surface area contributed by atoms with E-state index in [-0.39, 0.29) is 5.56 Å². The fourth-order valence-electron chi connectivity index (χ4n) is 1.27. The first-order chi connectivity index (χ1) is 7.79. The summed E-state index contributed by atoms with van der Waals surface area (Å²) in [5, 5.41) is 7.74. The van der Waals surface area contributed by atoms with E-state index in [0.717, 1.165) is 6.42 Å². The number of hydrogen-bond acceptors (Lipinski definition) is 4. The third kappa shape index (κ3) is 2.49. The summed E-state index contributed by atoms with van der Waals surface area (Å²) in [5.41, 5.74) is 0.423. The Morgan fingerprint density at radius 2 is 2.31 bits per heavy atom. The molecule has 0 aliphatic heterocycles. The van der Waals surface area contributed by atoms with E-state index in [1.54, 1.807) is 12.3 Å². The fourth-order valence-corrected chi connectivity index (χ4v) is 1.40. The molecule has 2 aromatic heterocycles. The molecule has 0 radical (unpaired) electrons. The van der Waals surface area contributed by atoms with Crippen LogP contribution in [0.4, 0.5) is 0 Å². The number of hydrogen-bond donors (Lipinski definition) is 1. The van der Waals surface area contributed by atoms with Gasteiger partial charge in [-0.05, 0) is 12.5 Å². The van der Waals surface area contributed by atoms with Crippen LogP contribution in [0, 0.1) is 0 Å². The van der Waals surface area contributed by atoms with Crippen LogP contribution in [0.3, 0.4) is 0 Å². The molecule has 2 rings (SSSR count). The van der Waals surface area contributed by atoms with E-state index < -0.39 is 0 Å². The van der Waals surface area contributed by atoms with Gasteiger partial charge < -0.3 is 9.40 Å². The van der Waals surface area contributed by atoms with Crippen LogP contribution in [0.5, 0.6) is 0 Å². The molecule has 6 heteroatoms. The van der Waals surface area contributed by atoms with Crippen LogP contribution >= 0.6 is 11.6 Å². The summed E-state index contributed by atoms with van der Waals surface area (Å²) in [7, 11) is 0. The van der Waals surface area contributed by atoms with Gasteiger partial charge in [-0.25, -0.2) is 0 Å². The van der Waals surface area contributed by atoms with Crippen molar-refractivity contribution in [2.45, 2.75) is 12.8 Å². The maximum Gasteiger partial charge on any atom is 0.248 e. The zero-order chi connectivity index (χ0) is 11.4. The van der Waals surface area contributed by atoms with Crippen molar-refractivity contribution in [2.75, 3.05) is 5.88 Å². The van der Waals surface area contributed by atoms with Gasteiger partial charge in [-0.1, -0.05) is 0 Å². The average molecular weight is 240 g/mol. The number of aromatic amines is 1. The molecule has 2 aromatic rings. The molecule has 0 saturated heterocycles. The maximum atomic E-state index is 11.1. The predicted octanol–water partition coefficient (Wildman–Crippen LogP) is 1.60. The SMILES string of the molecule is O=c1cc(-c2nnc(CCCCl)o2)cc[nH]1. The quantitative estimate of drug-likeness (QED) is 0.823. The largest absolute Gasteiger partial charge is 0.421 e. The third-order valence-electron chi connectivity index (χ3n) is 2.01. The number of rotatable bonds is 4. The van der Waals surface area contributed by atoms with Crippen molar-refractivity contribution in [1.29, 1.82) is 0 Å². The Bertz CT molecular complexity index is 521. The smallest absolute Gasteiger partial charge is 0.248 e. The van der Waals surface area contributed by atoms with Crippen molar-refractivity contribution in [3.05, 3.63) is 34.6 Å². The monoisotopic (exact) mass is 239 g/mol. The van der Waals surface area contributed by atoms with Gasteiger partial charge in [0.2, 0.25) is 17.3 Å². The number of pyridine rings is 1. The first-order valence-electron chi connectivity index (χ1n) is 4.87. The first-order valence-corrected chi connectivity index (χ1v) is 5.40. The van der Waals surface area contributed by atoms with Gasteiger partial charge in [0, 0.05) is 30.1 Å². The zero-order valence-corrected chi connectivity index (χ0v) is 9.20. The van der Waals surface area contributed by atoms with Crippen LogP contribution < -0.4 is 5.56 Å². The third-order valence-corrected chi connectivity index (χ3v) is 2.28. The molecular formula is C10H10ClN3O2. The van der Waals surface area contributed by atoms with Crippen LogP contribution in [0.2, 0.25) is 0 Å². The van der Waals surface area contributed by atoms with Gasteiger partial charge >= 0.3 is 0 Å². The Morgan fingerprint density at radius 1 is 1.44 bits per heavy atom. The van der Waals surface area contributed by atoms with E-state index in [1.165, 1.54) is 6.07 Å². The molecular weight excluding hydrogens is 230 g/mol. The van der Waals surface area contributed by atoms with Gasteiger partial charge in [-0.2, -0.15) is 0 Å². The Labute approximate surface area is 96.5 Å². The fraction of sp³-hybridized carbons (Fsp3) is 0.300. The number of H-pyrrole nitrogens is 1. The lowest BCUT2D eigenvalue weighted by atomic mass is 10.3. The summed E-state index contributed by atoms with van der Waals surface area (Å²) in [6.07, 6.45) is 2.98. The highest BCUT2D eigenvalue weighted by atomic mass is 35.5. The lowest BCUT2D eigenvalue weighted by molar-refractivity contribution is 0.502. The molecule has 0 spiro atoms. The van der Waals surface area contributed by atoms with E-state index in [9.17, 15) is 4.79 Å². The van der Waals surface area contributed by atoms with Crippen LogP contribution in [0.1, 0.15) is 12.3 Å². The number of halogens is 1. The van der Waals surface area contributed by atoms with Crippen molar-refractivity contribution >= 4 is 11.6 Å². The highest BCUT2D eigenvalue weighted by molar-refractivity contribution is 6.17. The highest BCUT2D eigenvalue weighted by Crippen LogP contribution is 2.15. The van der Waals surface area contributed by atoms with E-state index in [1.807, 2.05) is 0 Å². The minimum Gasteiger partial charge on any atom is -0.421 e. The second-order valence-corrected chi connectivity index (χ2v) is 3.61. The Morgan fingerprint density at radius 3 is 3.06 bits per heavy atom. The van der Waals surface area contributed by atoms with Gasteiger partial charge in [0.05, 0.1) is 0 Å². The van der Waals surface area contributed by atoms with E-state index in [4.69, 9.17) is 16.0 Å². The number of aromatic nitrogens is 3. The molecule has 0 unspecified atom stereocenters. The number of aryl methyl sites for hydroxylation is 1. The molecule has 2 heterocycles. The summed E-state index contributed by atoms with van der Waals surface area (Å²) in [5.74, 6) is 1.45. The molecule has 84 valence electrons. The molecule has 0 amide bonds. The molecule has 0 atom stereocenters. The van der Waals surface area contributed by atoms with Crippen molar-refractivity contribution in [2.24, 2.45) is 0 Å². The van der Waals surface area contributed by atoms with Gasteiger partial charge in [-0.15, -0.1) is 21.8 Å². The summed E-state index contributed by atoms with van der Waals surface area (Å²) in [4.78, 5) is 13.6. The molecule has 0 aliphatic carbocycles. The van der Waals surface area contributed by atoms with Crippen LogP contribution in [0.15, 0.2) is 27.5 Å². The minimum absolute atomic E-state index is 0.196. The number of nitrogens with one attached hydrogen (secondary N) is 1. The van der Waals surface area contributed by atoms with E-state index in [0.29, 0.717) is 29.6 Å². The van der Waals surface area contributed by atoms with E-state index in [2.05, 4.69) is 15.2 Å². The summed E-state index contributed by atoms with van der Waals surface area (Å²) >= 11 is 5.56. The molecule has 0 aromatic carbocycles. The molecule has 0 saturated carbocycles. The maximum absolute atomic E-state index is 11.1. The molecule has 0 bridgehead atoms. The topological polar surface area (TPSA) is 71.8 Å². The Balaban J connectivity index is 2.21. The minimum atomic E-state index is -0.196. The van der Waals surface area contributed by atoms with Crippen molar-refractivity contribution in [1.82, 2.24) is 15.2 Å². The molecule has 1 N–H and O–H groups in total. The molecule has 5 nitrogen and oxygen atoms in total. The number of nitrogens with zero attached hydrogens (tertiary/aromatic N) is 2. The van der Waals surface area contributed by atoms with E-state index >= 15 is 0 Å². The summed E-state index contributed by atoms with van der Waals surface area (Å²) in [6.45, 7) is 0. The first kappa shape index (κ1) is 10.9. The highest BCUT2D eigenvalue weighted by Gasteiger charge is 2.08. The summed E-state index contributed by atoms with van der Waals surface area (Å²) in [6, 6.07) is 3.12.